The van der Waals surface area contributed by atoms with Crippen LogP contribution >= 0.6 is 11.6 Å². The molecule has 0 unspecified atom stereocenters. The average molecular weight is 340 g/mol. The van der Waals surface area contributed by atoms with Gasteiger partial charge in [0.15, 0.2) is 0 Å². The fourth-order valence-corrected chi connectivity index (χ4v) is 3.43. The molecule has 0 heterocycles. The summed E-state index contributed by atoms with van der Waals surface area (Å²) in [6, 6.07) is 3.82. The summed E-state index contributed by atoms with van der Waals surface area (Å²) in [5, 5.41) is 11.0. The number of nitrogens with zero attached hydrogens (tertiary/aromatic N) is 1. The average Bonchev–Trinajstić information content (AvgIpc) is 2.46. The monoisotopic (exact) mass is 339 g/mol. The number of ether oxygens (including phenoxy) is 1. The van der Waals surface area contributed by atoms with Crippen LogP contribution < -0.4 is 0 Å². The molecular formula is C17H22ClNO4. The van der Waals surface area contributed by atoms with Crippen LogP contribution in [-0.2, 0) is 4.74 Å². The first-order valence-electron chi connectivity index (χ1n) is 7.94. The molecule has 0 N–H and O–H groups in total. The fourth-order valence-electron chi connectivity index (χ4n) is 3.23. The van der Waals surface area contributed by atoms with Crippen LogP contribution in [0, 0.1) is 27.9 Å². The highest BCUT2D eigenvalue weighted by atomic mass is 35.5. The number of non-ortho nitro benzene ring substituents is 1. The van der Waals surface area contributed by atoms with Crippen LogP contribution in [0.25, 0.3) is 0 Å². The number of carbonyl (C=O) groups excluding carboxylic acids is 1. The van der Waals surface area contributed by atoms with E-state index in [1.165, 1.54) is 18.2 Å². The fraction of sp³-hybridized carbons (Fsp3) is 0.588. The predicted octanol–water partition coefficient (Wildman–Crippen LogP) is 4.87. The Labute approximate surface area is 141 Å². The summed E-state index contributed by atoms with van der Waals surface area (Å²) in [7, 11) is 0. The number of rotatable bonds is 4. The Hall–Kier alpha value is -1.62. The molecule has 5 nitrogen and oxygen atoms in total. The summed E-state index contributed by atoms with van der Waals surface area (Å²) in [5.41, 5.74) is -0.111. The molecule has 0 spiro atoms. The standard InChI is InChI=1S/C17H22ClNO4/c1-10(2)13-6-4-11(3)8-16(13)23-17(20)14-9-12(19(21)22)5-7-15(14)18/h5,7,9-11,13,16H,4,6,8H2,1-3H3/t11-,13+,16+/m1/s1. The Balaban J connectivity index is 2.20. The molecule has 1 aliphatic carbocycles. The van der Waals surface area contributed by atoms with E-state index < -0.39 is 10.9 Å². The van der Waals surface area contributed by atoms with E-state index in [2.05, 4.69) is 20.8 Å². The number of carbonyl (C=O) groups is 1. The summed E-state index contributed by atoms with van der Waals surface area (Å²) in [5.74, 6) is 0.653. The molecule has 2 rings (SSSR count). The third kappa shape index (κ3) is 4.22. The number of nitro benzene ring substituents is 1. The largest absolute Gasteiger partial charge is 0.458 e. The van der Waals surface area contributed by atoms with Gasteiger partial charge in [0, 0.05) is 12.1 Å². The van der Waals surface area contributed by atoms with E-state index >= 15 is 0 Å². The number of esters is 1. The second-order valence-corrected chi connectivity index (χ2v) is 7.10. The zero-order valence-corrected chi connectivity index (χ0v) is 14.4. The third-order valence-electron chi connectivity index (χ3n) is 4.60. The van der Waals surface area contributed by atoms with Gasteiger partial charge >= 0.3 is 5.97 Å². The molecule has 3 atom stereocenters. The maximum absolute atomic E-state index is 12.5. The van der Waals surface area contributed by atoms with Gasteiger partial charge in [-0.3, -0.25) is 10.1 Å². The lowest BCUT2D eigenvalue weighted by Crippen LogP contribution is -2.35. The van der Waals surface area contributed by atoms with Gasteiger partial charge in [-0.2, -0.15) is 0 Å². The molecule has 0 aliphatic heterocycles. The summed E-state index contributed by atoms with van der Waals surface area (Å²) in [6.07, 6.45) is 2.82. The number of nitro groups is 1. The van der Waals surface area contributed by atoms with Crippen LogP contribution in [0.5, 0.6) is 0 Å². The van der Waals surface area contributed by atoms with Crippen molar-refractivity contribution in [2.75, 3.05) is 0 Å². The van der Waals surface area contributed by atoms with Crippen LogP contribution in [0.15, 0.2) is 18.2 Å². The molecule has 1 saturated carbocycles. The molecule has 126 valence electrons. The normalized spacial score (nSPS) is 24.5. The van der Waals surface area contributed by atoms with Crippen molar-refractivity contribution in [1.82, 2.24) is 0 Å². The molecule has 23 heavy (non-hydrogen) atoms. The van der Waals surface area contributed by atoms with Gasteiger partial charge in [0.05, 0.1) is 15.5 Å². The topological polar surface area (TPSA) is 69.4 Å². The van der Waals surface area contributed by atoms with Gasteiger partial charge < -0.3 is 4.74 Å². The smallest absolute Gasteiger partial charge is 0.340 e. The van der Waals surface area contributed by atoms with Crippen molar-refractivity contribution < 1.29 is 14.5 Å². The van der Waals surface area contributed by atoms with Gasteiger partial charge in [0.25, 0.3) is 5.69 Å². The van der Waals surface area contributed by atoms with E-state index in [1.807, 2.05) is 0 Å². The molecule has 1 fully saturated rings. The lowest BCUT2D eigenvalue weighted by atomic mass is 9.75. The highest BCUT2D eigenvalue weighted by Crippen LogP contribution is 2.36. The number of benzene rings is 1. The molecule has 0 saturated heterocycles. The number of hydrogen-bond acceptors (Lipinski definition) is 4. The highest BCUT2D eigenvalue weighted by Gasteiger charge is 2.34. The Morgan fingerprint density at radius 3 is 2.70 bits per heavy atom. The summed E-state index contributed by atoms with van der Waals surface area (Å²) >= 11 is 6.02. The minimum Gasteiger partial charge on any atom is -0.458 e. The minimum absolute atomic E-state index is 0.0570. The molecule has 1 aromatic carbocycles. The van der Waals surface area contributed by atoms with E-state index in [9.17, 15) is 14.9 Å². The molecule has 0 amide bonds. The number of hydrogen-bond donors (Lipinski definition) is 0. The lowest BCUT2D eigenvalue weighted by molar-refractivity contribution is -0.384. The van der Waals surface area contributed by atoms with Crippen LogP contribution in [0.2, 0.25) is 5.02 Å². The minimum atomic E-state index is -0.580. The van der Waals surface area contributed by atoms with Crippen LogP contribution in [-0.4, -0.2) is 17.0 Å². The van der Waals surface area contributed by atoms with Crippen LogP contribution in [0.1, 0.15) is 50.4 Å². The molecule has 1 aliphatic rings. The Morgan fingerprint density at radius 2 is 2.09 bits per heavy atom. The van der Waals surface area contributed by atoms with Gasteiger partial charge in [-0.1, -0.05) is 38.8 Å². The van der Waals surface area contributed by atoms with E-state index in [-0.39, 0.29) is 22.4 Å². The van der Waals surface area contributed by atoms with Crippen LogP contribution in [0.4, 0.5) is 5.69 Å². The molecule has 6 heteroatoms. The predicted molar refractivity (Wildman–Crippen MR) is 88.7 cm³/mol. The molecule has 0 radical (unpaired) electrons. The Kier molecular flexibility index (Phi) is 5.63. The van der Waals surface area contributed by atoms with Crippen molar-refractivity contribution in [2.45, 2.75) is 46.1 Å². The van der Waals surface area contributed by atoms with E-state index in [4.69, 9.17) is 16.3 Å². The maximum atomic E-state index is 12.5. The quantitative estimate of drug-likeness (QED) is 0.446. The van der Waals surface area contributed by atoms with Gasteiger partial charge in [-0.05, 0) is 36.7 Å². The second-order valence-electron chi connectivity index (χ2n) is 6.69. The Morgan fingerprint density at radius 1 is 1.39 bits per heavy atom. The Bertz CT molecular complexity index is 602. The lowest BCUT2D eigenvalue weighted by Gasteiger charge is -2.36. The van der Waals surface area contributed by atoms with E-state index in [0.29, 0.717) is 17.8 Å². The molecule has 1 aromatic rings. The first kappa shape index (κ1) is 17.7. The van der Waals surface area contributed by atoms with Gasteiger partial charge in [-0.25, -0.2) is 4.79 Å². The molecular weight excluding hydrogens is 318 g/mol. The number of halogens is 1. The second kappa shape index (κ2) is 7.30. The summed E-state index contributed by atoms with van der Waals surface area (Å²) in [4.78, 5) is 22.8. The maximum Gasteiger partial charge on any atom is 0.340 e. The zero-order valence-electron chi connectivity index (χ0n) is 13.6. The molecule has 0 bridgehead atoms. The SMILES string of the molecule is CC(C)[C@@H]1CC[C@@H](C)C[C@@H]1OC(=O)c1cc([N+](=O)[O-])ccc1Cl. The van der Waals surface area contributed by atoms with Crippen molar-refractivity contribution in [2.24, 2.45) is 17.8 Å². The third-order valence-corrected chi connectivity index (χ3v) is 4.93. The van der Waals surface area contributed by atoms with Crippen molar-refractivity contribution >= 4 is 23.3 Å². The zero-order chi connectivity index (χ0) is 17.1. The van der Waals surface area contributed by atoms with E-state index in [0.717, 1.165) is 19.3 Å². The summed E-state index contributed by atoms with van der Waals surface area (Å²) in [6.45, 7) is 6.40. The van der Waals surface area contributed by atoms with Crippen molar-refractivity contribution in [3.8, 4) is 0 Å². The van der Waals surface area contributed by atoms with Crippen LogP contribution in [0.3, 0.4) is 0 Å². The van der Waals surface area contributed by atoms with Gasteiger partial charge in [-0.15, -0.1) is 0 Å². The van der Waals surface area contributed by atoms with E-state index in [1.54, 1.807) is 0 Å². The van der Waals surface area contributed by atoms with Gasteiger partial charge in [0.1, 0.15) is 6.10 Å². The first-order chi connectivity index (χ1) is 10.8. The molecule has 0 aromatic heterocycles. The van der Waals surface area contributed by atoms with Crippen molar-refractivity contribution in [1.29, 1.82) is 0 Å². The van der Waals surface area contributed by atoms with Crippen molar-refractivity contribution in [3.63, 3.8) is 0 Å². The first-order valence-corrected chi connectivity index (χ1v) is 8.32. The van der Waals surface area contributed by atoms with Crippen molar-refractivity contribution in [3.05, 3.63) is 38.9 Å². The highest BCUT2D eigenvalue weighted by molar-refractivity contribution is 6.33. The van der Waals surface area contributed by atoms with Gasteiger partial charge in [0.2, 0.25) is 0 Å². The summed E-state index contributed by atoms with van der Waals surface area (Å²) < 4.78 is 5.69.